The van der Waals surface area contributed by atoms with E-state index in [9.17, 15) is 23.9 Å². The van der Waals surface area contributed by atoms with Gasteiger partial charge in [0.25, 0.3) is 11.8 Å². The smallest absolute Gasteiger partial charge is 0.254 e. The summed E-state index contributed by atoms with van der Waals surface area (Å²) >= 11 is 0. The lowest BCUT2D eigenvalue weighted by atomic mass is 9.77. The van der Waals surface area contributed by atoms with Crippen molar-refractivity contribution in [1.82, 2.24) is 15.5 Å². The zero-order chi connectivity index (χ0) is 23.1. The molecule has 0 aromatic heterocycles. The number of fused-ring (bicyclic) bond motifs is 1. The van der Waals surface area contributed by atoms with Gasteiger partial charge in [-0.05, 0) is 66.6 Å². The summed E-state index contributed by atoms with van der Waals surface area (Å²) in [5, 5.41) is 15.8. The average Bonchev–Trinajstić information content (AvgIpc) is 3.08. The third-order valence-electron chi connectivity index (χ3n) is 7.08. The van der Waals surface area contributed by atoms with Crippen molar-refractivity contribution in [2.45, 2.75) is 57.0 Å². The molecular formula is C25H26FN3O4. The minimum absolute atomic E-state index is 0.195. The molecule has 33 heavy (non-hydrogen) atoms. The first kappa shape index (κ1) is 21.6. The Morgan fingerprint density at radius 3 is 2.55 bits per heavy atom. The van der Waals surface area contributed by atoms with Gasteiger partial charge >= 0.3 is 0 Å². The van der Waals surface area contributed by atoms with E-state index in [1.54, 1.807) is 35.2 Å². The predicted octanol–water partition coefficient (Wildman–Crippen LogP) is 2.65. The van der Waals surface area contributed by atoms with E-state index in [1.165, 1.54) is 12.1 Å². The van der Waals surface area contributed by atoms with Crippen molar-refractivity contribution in [2.24, 2.45) is 5.92 Å². The molecule has 1 aliphatic carbocycles. The molecule has 0 radical (unpaired) electrons. The van der Waals surface area contributed by atoms with Crippen LogP contribution in [-0.2, 0) is 11.3 Å². The number of halogens is 1. The Labute approximate surface area is 191 Å². The molecule has 1 saturated carbocycles. The van der Waals surface area contributed by atoms with Gasteiger partial charge in [-0.3, -0.25) is 14.4 Å². The number of nitrogens with one attached hydrogen (secondary N) is 2. The Balaban J connectivity index is 1.33. The predicted molar refractivity (Wildman–Crippen MR) is 117 cm³/mol. The average molecular weight is 451 g/mol. The highest BCUT2D eigenvalue weighted by Crippen LogP contribution is 2.38. The number of piperidine rings is 1. The lowest BCUT2D eigenvalue weighted by Gasteiger charge is -2.35. The van der Waals surface area contributed by atoms with Crippen LogP contribution in [0.5, 0.6) is 0 Å². The molecule has 2 aliphatic heterocycles. The van der Waals surface area contributed by atoms with Crippen molar-refractivity contribution in [2.75, 3.05) is 0 Å². The Morgan fingerprint density at radius 2 is 1.88 bits per heavy atom. The van der Waals surface area contributed by atoms with E-state index >= 15 is 0 Å². The first-order chi connectivity index (χ1) is 15.9. The Kier molecular flexibility index (Phi) is 5.62. The molecule has 2 heterocycles. The van der Waals surface area contributed by atoms with E-state index in [4.69, 9.17) is 0 Å². The van der Waals surface area contributed by atoms with Crippen LogP contribution in [-0.4, -0.2) is 40.0 Å². The van der Waals surface area contributed by atoms with Gasteiger partial charge in [0.05, 0.1) is 12.1 Å². The molecule has 0 spiro atoms. The molecule has 5 rings (SSSR count). The molecule has 3 atom stereocenters. The monoisotopic (exact) mass is 451 g/mol. The van der Waals surface area contributed by atoms with Gasteiger partial charge in [-0.25, -0.2) is 4.39 Å². The molecule has 2 fully saturated rings. The lowest BCUT2D eigenvalue weighted by molar-refractivity contribution is -0.129. The number of aliphatic hydroxyl groups is 1. The van der Waals surface area contributed by atoms with Gasteiger partial charge < -0.3 is 20.6 Å². The van der Waals surface area contributed by atoms with E-state index in [2.05, 4.69) is 10.6 Å². The van der Waals surface area contributed by atoms with E-state index in [1.807, 2.05) is 0 Å². The molecule has 3 aliphatic rings. The molecule has 3 N–H and O–H groups in total. The second-order valence-electron chi connectivity index (χ2n) is 9.12. The molecule has 7 nitrogen and oxygen atoms in total. The SMILES string of the molecule is O=C1CCC(N2Cc3cc(C(=O)N[C@H](c4ccc(F)cc4)C4CCC4)ccc3C2=O)C(O)N1. The maximum atomic E-state index is 13.4. The van der Waals surface area contributed by atoms with Crippen LogP contribution in [0.3, 0.4) is 0 Å². The normalized spacial score (nSPS) is 23.5. The molecule has 2 aromatic carbocycles. The molecule has 3 amide bonds. The zero-order valence-corrected chi connectivity index (χ0v) is 18.1. The number of carbonyl (C=O) groups is 3. The van der Waals surface area contributed by atoms with Gasteiger partial charge in [-0.15, -0.1) is 0 Å². The molecule has 2 unspecified atom stereocenters. The summed E-state index contributed by atoms with van der Waals surface area (Å²) in [6.07, 6.45) is 2.67. The van der Waals surface area contributed by atoms with E-state index in [-0.39, 0.29) is 42.5 Å². The Bertz CT molecular complexity index is 1100. The van der Waals surface area contributed by atoms with Crippen molar-refractivity contribution in [3.63, 3.8) is 0 Å². The summed E-state index contributed by atoms with van der Waals surface area (Å²) in [6.45, 7) is 0.275. The quantitative estimate of drug-likeness (QED) is 0.651. The summed E-state index contributed by atoms with van der Waals surface area (Å²) < 4.78 is 13.4. The van der Waals surface area contributed by atoms with E-state index < -0.39 is 12.3 Å². The summed E-state index contributed by atoms with van der Waals surface area (Å²) in [5.41, 5.74) is 2.56. The molecular weight excluding hydrogens is 425 g/mol. The summed E-state index contributed by atoms with van der Waals surface area (Å²) in [6, 6.07) is 10.6. The van der Waals surface area contributed by atoms with Crippen molar-refractivity contribution in [3.05, 3.63) is 70.5 Å². The van der Waals surface area contributed by atoms with Crippen molar-refractivity contribution < 1.29 is 23.9 Å². The second-order valence-corrected chi connectivity index (χ2v) is 9.12. The molecule has 2 aromatic rings. The highest BCUT2D eigenvalue weighted by Gasteiger charge is 2.39. The van der Waals surface area contributed by atoms with E-state index in [0.29, 0.717) is 23.5 Å². The summed E-state index contributed by atoms with van der Waals surface area (Å²) in [5.74, 6) is -0.684. The third kappa shape index (κ3) is 4.11. The largest absolute Gasteiger partial charge is 0.372 e. The number of amides is 3. The van der Waals surface area contributed by atoms with Crippen LogP contribution >= 0.6 is 0 Å². The van der Waals surface area contributed by atoms with Crippen LogP contribution < -0.4 is 10.6 Å². The number of aliphatic hydroxyl groups excluding tert-OH is 1. The topological polar surface area (TPSA) is 98.7 Å². The van der Waals surface area contributed by atoms with Crippen molar-refractivity contribution >= 4 is 17.7 Å². The number of rotatable bonds is 5. The van der Waals surface area contributed by atoms with Crippen LogP contribution in [0.2, 0.25) is 0 Å². The molecule has 1 saturated heterocycles. The van der Waals surface area contributed by atoms with Crippen LogP contribution in [0.1, 0.15) is 70.0 Å². The van der Waals surface area contributed by atoms with Crippen molar-refractivity contribution in [3.8, 4) is 0 Å². The zero-order valence-electron chi connectivity index (χ0n) is 18.1. The van der Waals surface area contributed by atoms with Gasteiger partial charge in [0.15, 0.2) is 0 Å². The van der Waals surface area contributed by atoms with Crippen LogP contribution in [0, 0.1) is 11.7 Å². The maximum Gasteiger partial charge on any atom is 0.254 e. The fraction of sp³-hybridized carbons (Fsp3) is 0.400. The maximum absolute atomic E-state index is 13.4. The highest BCUT2D eigenvalue weighted by atomic mass is 19.1. The highest BCUT2D eigenvalue weighted by molar-refractivity contribution is 6.01. The summed E-state index contributed by atoms with van der Waals surface area (Å²) in [7, 11) is 0. The van der Waals surface area contributed by atoms with Crippen LogP contribution in [0.4, 0.5) is 4.39 Å². The number of hydrogen-bond donors (Lipinski definition) is 3. The lowest BCUT2D eigenvalue weighted by Crippen LogP contribution is -2.55. The fourth-order valence-corrected chi connectivity index (χ4v) is 4.99. The number of nitrogens with zero attached hydrogens (tertiary/aromatic N) is 1. The minimum atomic E-state index is -1.11. The first-order valence-corrected chi connectivity index (χ1v) is 11.4. The molecule has 172 valence electrons. The van der Waals surface area contributed by atoms with Crippen LogP contribution in [0.15, 0.2) is 42.5 Å². The van der Waals surface area contributed by atoms with Crippen molar-refractivity contribution in [1.29, 1.82) is 0 Å². The number of benzene rings is 2. The standard InChI is InChI=1S/C25H26FN3O4/c26-18-7-4-15(5-8-18)22(14-2-1-3-14)28-23(31)16-6-9-19-17(12-16)13-29(25(19)33)20-10-11-21(30)27-24(20)32/h4-9,12,14,20,22,24,32H,1-3,10-11,13H2,(H,27,30)(H,28,31)/t20?,22-,24?/m0/s1. The van der Waals surface area contributed by atoms with E-state index in [0.717, 1.165) is 30.4 Å². The fourth-order valence-electron chi connectivity index (χ4n) is 4.99. The van der Waals surface area contributed by atoms with Gasteiger partial charge in [-0.1, -0.05) is 18.6 Å². The van der Waals surface area contributed by atoms with Gasteiger partial charge in [0, 0.05) is 24.1 Å². The van der Waals surface area contributed by atoms with Gasteiger partial charge in [-0.2, -0.15) is 0 Å². The van der Waals surface area contributed by atoms with Crippen LogP contribution in [0.25, 0.3) is 0 Å². The Hall–Kier alpha value is -3.26. The first-order valence-electron chi connectivity index (χ1n) is 11.4. The number of carbonyl (C=O) groups excluding carboxylic acids is 3. The van der Waals surface area contributed by atoms with Gasteiger partial charge in [0.2, 0.25) is 5.91 Å². The Morgan fingerprint density at radius 1 is 1.12 bits per heavy atom. The third-order valence-corrected chi connectivity index (χ3v) is 7.08. The minimum Gasteiger partial charge on any atom is -0.372 e. The summed E-state index contributed by atoms with van der Waals surface area (Å²) in [4.78, 5) is 39.1. The molecule has 0 bridgehead atoms. The van der Waals surface area contributed by atoms with Gasteiger partial charge in [0.1, 0.15) is 12.0 Å². The number of hydrogen-bond acceptors (Lipinski definition) is 4. The second kappa shape index (κ2) is 8.59. The molecule has 8 heteroatoms.